The summed E-state index contributed by atoms with van der Waals surface area (Å²) in [5.74, 6) is 0.278. The number of carbonyl (C=O) groups is 1. The molecular formula is C27H25N3O4S. The number of amides is 1. The zero-order valence-electron chi connectivity index (χ0n) is 19.8. The fourth-order valence-electron chi connectivity index (χ4n) is 4.13. The highest BCUT2D eigenvalue weighted by Crippen LogP contribution is 2.32. The van der Waals surface area contributed by atoms with E-state index in [2.05, 4.69) is 4.90 Å². The molecule has 7 nitrogen and oxygen atoms in total. The van der Waals surface area contributed by atoms with E-state index in [4.69, 9.17) is 14.1 Å². The number of benzene rings is 3. The SMILES string of the molecule is COc1ccc2sc(N(CCCN(C)C)C(=O)c3cc4c(ccc5ccccc54)oc3=O)nc2c1. The molecule has 0 unspecified atom stereocenters. The Morgan fingerprint density at radius 3 is 2.66 bits per heavy atom. The Bertz CT molecular complexity index is 1610. The van der Waals surface area contributed by atoms with Crippen LogP contribution in [-0.4, -0.2) is 50.1 Å². The summed E-state index contributed by atoms with van der Waals surface area (Å²) in [6.07, 6.45) is 0.722. The third-order valence-electron chi connectivity index (χ3n) is 5.92. The number of anilines is 1. The molecular weight excluding hydrogens is 462 g/mol. The van der Waals surface area contributed by atoms with Gasteiger partial charge in [0.2, 0.25) is 0 Å². The Labute approximate surface area is 206 Å². The highest BCUT2D eigenvalue weighted by molar-refractivity contribution is 7.22. The Kier molecular flexibility index (Phi) is 6.23. The number of rotatable bonds is 7. The van der Waals surface area contributed by atoms with Gasteiger partial charge in [0.25, 0.3) is 5.91 Å². The summed E-state index contributed by atoms with van der Waals surface area (Å²) in [6, 6.07) is 18.8. The molecule has 2 heterocycles. The number of nitrogens with zero attached hydrogens (tertiary/aromatic N) is 3. The topological polar surface area (TPSA) is 75.9 Å². The molecule has 0 atom stereocenters. The maximum atomic E-state index is 13.8. The molecule has 2 aromatic heterocycles. The molecule has 0 radical (unpaired) electrons. The lowest BCUT2D eigenvalue weighted by molar-refractivity contribution is 0.0982. The summed E-state index contributed by atoms with van der Waals surface area (Å²) in [5, 5.41) is 3.20. The zero-order chi connectivity index (χ0) is 24.5. The predicted octanol–water partition coefficient (Wildman–Crippen LogP) is 5.16. The van der Waals surface area contributed by atoms with E-state index in [1.165, 1.54) is 11.3 Å². The van der Waals surface area contributed by atoms with Crippen LogP contribution in [0.3, 0.4) is 0 Å². The minimum absolute atomic E-state index is 0.00413. The summed E-state index contributed by atoms with van der Waals surface area (Å²) in [5.41, 5.74) is 0.538. The van der Waals surface area contributed by atoms with Gasteiger partial charge >= 0.3 is 5.63 Å². The van der Waals surface area contributed by atoms with Crippen molar-refractivity contribution in [3.63, 3.8) is 0 Å². The average molecular weight is 488 g/mol. The number of thiazole rings is 1. The van der Waals surface area contributed by atoms with Gasteiger partial charge in [-0.1, -0.05) is 41.7 Å². The van der Waals surface area contributed by atoms with Gasteiger partial charge in [-0.2, -0.15) is 0 Å². The Morgan fingerprint density at radius 2 is 1.86 bits per heavy atom. The summed E-state index contributed by atoms with van der Waals surface area (Å²) in [6.45, 7) is 1.21. The Hall–Kier alpha value is -3.75. The molecule has 5 rings (SSSR count). The lowest BCUT2D eigenvalue weighted by Gasteiger charge is -2.20. The maximum Gasteiger partial charge on any atom is 0.349 e. The molecule has 0 fully saturated rings. The molecule has 0 N–H and O–H groups in total. The molecule has 0 aliphatic rings. The van der Waals surface area contributed by atoms with Crippen LogP contribution in [0, 0.1) is 0 Å². The van der Waals surface area contributed by atoms with Crippen molar-refractivity contribution in [2.75, 3.05) is 39.2 Å². The number of ether oxygens (including phenoxy) is 1. The largest absolute Gasteiger partial charge is 0.497 e. The van der Waals surface area contributed by atoms with Crippen molar-refractivity contribution in [1.82, 2.24) is 9.88 Å². The van der Waals surface area contributed by atoms with Gasteiger partial charge in [-0.3, -0.25) is 9.69 Å². The van der Waals surface area contributed by atoms with Crippen molar-refractivity contribution >= 4 is 54.3 Å². The van der Waals surface area contributed by atoms with Crippen molar-refractivity contribution in [2.45, 2.75) is 6.42 Å². The minimum Gasteiger partial charge on any atom is -0.497 e. The predicted molar refractivity (Wildman–Crippen MR) is 141 cm³/mol. The van der Waals surface area contributed by atoms with Crippen molar-refractivity contribution < 1.29 is 13.9 Å². The van der Waals surface area contributed by atoms with Crippen LogP contribution < -0.4 is 15.3 Å². The van der Waals surface area contributed by atoms with Gasteiger partial charge in [0.05, 0.1) is 17.3 Å². The monoisotopic (exact) mass is 487 g/mol. The van der Waals surface area contributed by atoms with Crippen LogP contribution in [0.15, 0.2) is 69.9 Å². The second kappa shape index (κ2) is 9.48. The van der Waals surface area contributed by atoms with E-state index in [-0.39, 0.29) is 5.56 Å². The van der Waals surface area contributed by atoms with E-state index >= 15 is 0 Å². The highest BCUT2D eigenvalue weighted by atomic mass is 32.1. The first-order valence-electron chi connectivity index (χ1n) is 11.3. The molecule has 3 aromatic carbocycles. The van der Waals surface area contributed by atoms with Crippen molar-refractivity contribution in [2.24, 2.45) is 0 Å². The van der Waals surface area contributed by atoms with Gasteiger partial charge in [-0.05, 0) is 62.1 Å². The smallest absolute Gasteiger partial charge is 0.349 e. The molecule has 178 valence electrons. The van der Waals surface area contributed by atoms with Crippen molar-refractivity contribution in [3.8, 4) is 5.75 Å². The molecule has 1 amide bonds. The Morgan fingerprint density at radius 1 is 1.03 bits per heavy atom. The average Bonchev–Trinajstić information content (AvgIpc) is 3.28. The van der Waals surface area contributed by atoms with Crippen molar-refractivity contribution in [3.05, 3.63) is 76.6 Å². The van der Waals surface area contributed by atoms with E-state index in [0.29, 0.717) is 23.0 Å². The van der Waals surface area contributed by atoms with Gasteiger partial charge in [-0.15, -0.1) is 0 Å². The lowest BCUT2D eigenvalue weighted by atomic mass is 10.0. The van der Waals surface area contributed by atoms with E-state index in [1.54, 1.807) is 24.1 Å². The number of hydrogen-bond donors (Lipinski definition) is 0. The first-order chi connectivity index (χ1) is 16.9. The Balaban J connectivity index is 1.60. The molecule has 0 spiro atoms. The standard InChI is InChI=1S/C27H25N3O4S/c1-29(2)13-6-14-30(27-28-22-15-18(33-3)10-12-24(22)35-27)25(31)21-16-20-19-8-5-4-7-17(19)9-11-23(20)34-26(21)32/h4-5,7-12,15-16H,6,13-14H2,1-3H3. The third kappa shape index (κ3) is 4.50. The van der Waals surface area contributed by atoms with Crippen LogP contribution >= 0.6 is 11.3 Å². The van der Waals surface area contributed by atoms with Crippen LogP contribution in [0.1, 0.15) is 16.8 Å². The number of methoxy groups -OCH3 is 1. The van der Waals surface area contributed by atoms with E-state index in [1.807, 2.05) is 62.6 Å². The molecule has 0 aliphatic carbocycles. The second-order valence-electron chi connectivity index (χ2n) is 8.59. The molecule has 0 bridgehead atoms. The van der Waals surface area contributed by atoms with Crippen LogP contribution in [-0.2, 0) is 0 Å². The summed E-state index contributed by atoms with van der Waals surface area (Å²) < 4.78 is 11.8. The fraction of sp³-hybridized carbons (Fsp3) is 0.222. The first-order valence-corrected chi connectivity index (χ1v) is 12.1. The number of hydrogen-bond acceptors (Lipinski definition) is 7. The molecule has 0 saturated heterocycles. The third-order valence-corrected chi connectivity index (χ3v) is 6.98. The van der Waals surface area contributed by atoms with Crippen LogP contribution in [0.4, 0.5) is 5.13 Å². The van der Waals surface area contributed by atoms with Crippen LogP contribution in [0.2, 0.25) is 0 Å². The number of aromatic nitrogens is 1. The van der Waals surface area contributed by atoms with E-state index in [0.717, 1.165) is 39.3 Å². The van der Waals surface area contributed by atoms with Gasteiger partial charge in [0, 0.05) is 18.0 Å². The summed E-state index contributed by atoms with van der Waals surface area (Å²) in [4.78, 5) is 35.1. The number of fused-ring (bicyclic) bond motifs is 4. The quantitative estimate of drug-likeness (QED) is 0.233. The van der Waals surface area contributed by atoms with E-state index in [9.17, 15) is 9.59 Å². The van der Waals surface area contributed by atoms with E-state index < -0.39 is 11.5 Å². The minimum atomic E-state index is -0.654. The summed E-state index contributed by atoms with van der Waals surface area (Å²) >= 11 is 1.41. The lowest BCUT2D eigenvalue weighted by Crippen LogP contribution is -2.36. The summed E-state index contributed by atoms with van der Waals surface area (Å²) in [7, 11) is 5.58. The van der Waals surface area contributed by atoms with Crippen LogP contribution in [0.5, 0.6) is 5.75 Å². The second-order valence-corrected chi connectivity index (χ2v) is 9.60. The highest BCUT2D eigenvalue weighted by Gasteiger charge is 2.25. The first kappa shape index (κ1) is 23.0. The van der Waals surface area contributed by atoms with Gasteiger partial charge in [-0.25, -0.2) is 9.78 Å². The van der Waals surface area contributed by atoms with Gasteiger partial charge in [0.1, 0.15) is 16.9 Å². The van der Waals surface area contributed by atoms with Gasteiger partial charge < -0.3 is 14.1 Å². The zero-order valence-corrected chi connectivity index (χ0v) is 20.6. The molecule has 5 aromatic rings. The maximum absolute atomic E-state index is 13.8. The van der Waals surface area contributed by atoms with Gasteiger partial charge in [0.15, 0.2) is 5.13 Å². The molecule has 0 aliphatic heterocycles. The molecule has 0 saturated carbocycles. The van der Waals surface area contributed by atoms with Crippen LogP contribution in [0.25, 0.3) is 32.0 Å². The molecule has 8 heteroatoms. The fourth-order valence-corrected chi connectivity index (χ4v) is 5.10. The van der Waals surface area contributed by atoms with Crippen molar-refractivity contribution in [1.29, 1.82) is 0 Å². The normalized spacial score (nSPS) is 11.5. The molecule has 35 heavy (non-hydrogen) atoms. The number of carbonyl (C=O) groups excluding carboxylic acids is 1.